The predicted molar refractivity (Wildman–Crippen MR) is 56.1 cm³/mol. The Bertz CT molecular complexity index is 303. The molecule has 2 atom stereocenters. The Morgan fingerprint density at radius 3 is 2.07 bits per heavy atom. The fraction of sp³-hybridized carbons (Fsp3) is 0.818. The molecule has 0 aromatic rings. The topological polar surface area (TPSA) is 69.4 Å². The van der Waals surface area contributed by atoms with Crippen LogP contribution < -0.4 is 5.73 Å². The summed E-state index contributed by atoms with van der Waals surface area (Å²) < 4.78 is 5.71. The van der Waals surface area contributed by atoms with Crippen LogP contribution in [-0.2, 0) is 14.3 Å². The van der Waals surface area contributed by atoms with Crippen LogP contribution in [0.3, 0.4) is 0 Å². The quantitative estimate of drug-likeness (QED) is 0.707. The van der Waals surface area contributed by atoms with E-state index < -0.39 is 28.4 Å². The first-order valence-corrected chi connectivity index (χ1v) is 5.05. The summed E-state index contributed by atoms with van der Waals surface area (Å²) in [7, 11) is 0. The lowest BCUT2D eigenvalue weighted by Gasteiger charge is -2.28. The molecule has 4 heteroatoms. The van der Waals surface area contributed by atoms with E-state index in [0.717, 1.165) is 6.29 Å². The van der Waals surface area contributed by atoms with Crippen molar-refractivity contribution in [3.8, 4) is 0 Å². The van der Waals surface area contributed by atoms with E-state index >= 15 is 0 Å². The minimum atomic E-state index is -1.13. The molecule has 2 unspecified atom stereocenters. The minimum absolute atomic E-state index is 0.443. The van der Waals surface area contributed by atoms with Crippen LogP contribution in [0.5, 0.6) is 0 Å². The fourth-order valence-corrected chi connectivity index (χ4v) is 2.23. The van der Waals surface area contributed by atoms with E-state index in [1.165, 1.54) is 0 Å². The van der Waals surface area contributed by atoms with Crippen molar-refractivity contribution in [3.63, 3.8) is 0 Å². The third-order valence-electron chi connectivity index (χ3n) is 3.06. The van der Waals surface area contributed by atoms with Gasteiger partial charge in [-0.3, -0.25) is 4.79 Å². The molecule has 0 spiro atoms. The lowest BCUT2D eigenvalue weighted by molar-refractivity contribution is -0.151. The number of aldehydes is 1. The van der Waals surface area contributed by atoms with Crippen LogP contribution in [0.15, 0.2) is 0 Å². The summed E-state index contributed by atoms with van der Waals surface area (Å²) in [4.78, 5) is 22.4. The Morgan fingerprint density at radius 1 is 1.40 bits per heavy atom. The number of amides is 1. The third kappa shape index (κ3) is 1.57. The summed E-state index contributed by atoms with van der Waals surface area (Å²) in [5, 5.41) is 0. The molecule has 1 rings (SSSR count). The number of rotatable bonds is 3. The first kappa shape index (κ1) is 12.2. The number of primary amides is 1. The van der Waals surface area contributed by atoms with Crippen LogP contribution in [0.1, 0.15) is 34.6 Å². The van der Waals surface area contributed by atoms with Crippen LogP contribution in [0, 0.1) is 11.3 Å². The smallest absolute Gasteiger partial charge is 0.251 e. The van der Waals surface area contributed by atoms with Crippen molar-refractivity contribution in [2.24, 2.45) is 17.1 Å². The molecule has 86 valence electrons. The van der Waals surface area contributed by atoms with Crippen molar-refractivity contribution in [1.29, 1.82) is 0 Å². The molecule has 0 aliphatic heterocycles. The first-order chi connectivity index (χ1) is 6.59. The highest BCUT2D eigenvalue weighted by molar-refractivity contribution is 5.94. The molecular formula is C11H19NO3. The number of hydrogen-bond donors (Lipinski definition) is 1. The zero-order valence-electron chi connectivity index (χ0n) is 9.96. The highest BCUT2D eigenvalue weighted by atomic mass is 16.5. The molecule has 0 aromatic heterocycles. The molecule has 1 aliphatic rings. The molecule has 0 heterocycles. The van der Waals surface area contributed by atoms with Gasteiger partial charge in [0.25, 0.3) is 5.91 Å². The average Bonchev–Trinajstić information content (AvgIpc) is 2.45. The van der Waals surface area contributed by atoms with Crippen LogP contribution in [-0.4, -0.2) is 23.4 Å². The second-order valence-corrected chi connectivity index (χ2v) is 5.65. The monoisotopic (exact) mass is 213 g/mol. The fourth-order valence-electron chi connectivity index (χ4n) is 2.23. The molecule has 0 radical (unpaired) electrons. The van der Waals surface area contributed by atoms with Crippen LogP contribution in [0.25, 0.3) is 0 Å². The Kier molecular flexibility index (Phi) is 2.47. The van der Waals surface area contributed by atoms with Crippen LogP contribution >= 0.6 is 0 Å². The van der Waals surface area contributed by atoms with E-state index in [-0.39, 0.29) is 0 Å². The number of ether oxygens (including phenoxy) is 1. The molecule has 0 aromatic carbocycles. The van der Waals surface area contributed by atoms with Gasteiger partial charge in [-0.2, -0.15) is 0 Å². The molecule has 2 N–H and O–H groups in total. The van der Waals surface area contributed by atoms with E-state index in [1.807, 2.05) is 34.6 Å². The second-order valence-electron chi connectivity index (χ2n) is 5.65. The maximum atomic E-state index is 11.5. The highest BCUT2D eigenvalue weighted by Crippen LogP contribution is 2.63. The minimum Gasteiger partial charge on any atom is -0.367 e. The molecule has 15 heavy (non-hydrogen) atoms. The van der Waals surface area contributed by atoms with Crippen molar-refractivity contribution < 1.29 is 14.3 Å². The second kappa shape index (κ2) is 3.04. The molecule has 4 nitrogen and oxygen atoms in total. The lowest BCUT2D eigenvalue weighted by atomic mass is 10.1. The first-order valence-electron chi connectivity index (χ1n) is 5.05. The highest BCUT2D eigenvalue weighted by Gasteiger charge is 2.77. The van der Waals surface area contributed by atoms with E-state index in [9.17, 15) is 9.59 Å². The van der Waals surface area contributed by atoms with Gasteiger partial charge in [0.2, 0.25) is 0 Å². The average molecular weight is 213 g/mol. The van der Waals surface area contributed by atoms with Gasteiger partial charge in [-0.1, -0.05) is 13.8 Å². The van der Waals surface area contributed by atoms with Crippen molar-refractivity contribution in [2.45, 2.75) is 45.8 Å². The molecule has 0 bridgehead atoms. The van der Waals surface area contributed by atoms with Gasteiger partial charge in [-0.05, 0) is 20.8 Å². The Labute approximate surface area is 90.2 Å². The largest absolute Gasteiger partial charge is 0.367 e. The number of carbonyl (C=O) groups excluding carboxylic acids is 2. The van der Waals surface area contributed by atoms with Crippen LogP contribution in [0.2, 0.25) is 0 Å². The molecule has 1 fully saturated rings. The summed E-state index contributed by atoms with van der Waals surface area (Å²) in [6.07, 6.45) is 0.760. The summed E-state index contributed by atoms with van der Waals surface area (Å²) in [6.45, 7) is 9.17. The zero-order chi connectivity index (χ0) is 12.1. The van der Waals surface area contributed by atoms with Gasteiger partial charge >= 0.3 is 0 Å². The van der Waals surface area contributed by atoms with Gasteiger partial charge < -0.3 is 15.3 Å². The van der Waals surface area contributed by atoms with Crippen molar-refractivity contribution in [2.75, 3.05) is 0 Å². The summed E-state index contributed by atoms with van der Waals surface area (Å²) in [5.41, 5.74) is 3.22. The van der Waals surface area contributed by atoms with Gasteiger partial charge in [0.15, 0.2) is 5.60 Å². The van der Waals surface area contributed by atoms with E-state index in [0.29, 0.717) is 0 Å². The zero-order valence-corrected chi connectivity index (χ0v) is 9.96. The number of carbonyl (C=O) groups is 2. The van der Waals surface area contributed by atoms with E-state index in [4.69, 9.17) is 10.5 Å². The summed E-state index contributed by atoms with van der Waals surface area (Å²) in [5.74, 6) is -0.999. The van der Waals surface area contributed by atoms with Crippen molar-refractivity contribution in [3.05, 3.63) is 0 Å². The molecule has 1 saturated carbocycles. The SMILES string of the molecule is CC(C)(C)OC1(C(N)=O)C(C=O)C1(C)C. The third-order valence-corrected chi connectivity index (χ3v) is 3.06. The maximum Gasteiger partial charge on any atom is 0.251 e. The molecule has 1 amide bonds. The van der Waals surface area contributed by atoms with Gasteiger partial charge in [0.05, 0.1) is 11.5 Å². The van der Waals surface area contributed by atoms with Gasteiger partial charge in [0, 0.05) is 5.41 Å². The maximum absolute atomic E-state index is 11.5. The Hall–Kier alpha value is -0.900. The molecule has 1 aliphatic carbocycles. The van der Waals surface area contributed by atoms with Crippen LogP contribution in [0.4, 0.5) is 0 Å². The van der Waals surface area contributed by atoms with Crippen molar-refractivity contribution >= 4 is 12.2 Å². The number of nitrogens with two attached hydrogens (primary N) is 1. The molecule has 0 saturated heterocycles. The lowest BCUT2D eigenvalue weighted by Crippen LogP contribution is -2.44. The van der Waals surface area contributed by atoms with Gasteiger partial charge in [-0.25, -0.2) is 0 Å². The standard InChI is InChI=1S/C11H19NO3/c1-9(2,3)15-11(8(12)14)7(6-13)10(11,4)5/h6-7H,1-5H3,(H2,12,14). The van der Waals surface area contributed by atoms with E-state index in [2.05, 4.69) is 0 Å². The summed E-state index contributed by atoms with van der Waals surface area (Å²) >= 11 is 0. The number of hydrogen-bond acceptors (Lipinski definition) is 3. The normalized spacial score (nSPS) is 33.5. The van der Waals surface area contributed by atoms with E-state index in [1.54, 1.807) is 0 Å². The molecular weight excluding hydrogens is 194 g/mol. The predicted octanol–water partition coefficient (Wildman–Crippen LogP) is 0.880. The Balaban J connectivity index is 3.05. The van der Waals surface area contributed by atoms with Gasteiger partial charge in [-0.15, -0.1) is 0 Å². The summed E-state index contributed by atoms with van der Waals surface area (Å²) in [6, 6.07) is 0. The van der Waals surface area contributed by atoms with Gasteiger partial charge in [0.1, 0.15) is 6.29 Å². The van der Waals surface area contributed by atoms with Crippen molar-refractivity contribution in [1.82, 2.24) is 0 Å². The Morgan fingerprint density at radius 2 is 1.87 bits per heavy atom.